The highest BCUT2D eigenvalue weighted by atomic mass is 79.9. The summed E-state index contributed by atoms with van der Waals surface area (Å²) in [5.41, 5.74) is 7.48. The molecule has 0 amide bonds. The van der Waals surface area contributed by atoms with Crippen LogP contribution in [0.15, 0.2) is 22.7 Å². The van der Waals surface area contributed by atoms with Crippen molar-refractivity contribution in [2.24, 2.45) is 5.73 Å². The minimum absolute atomic E-state index is 0. The van der Waals surface area contributed by atoms with Crippen molar-refractivity contribution in [3.63, 3.8) is 0 Å². The Labute approximate surface area is 113 Å². The van der Waals surface area contributed by atoms with Gasteiger partial charge < -0.3 is 5.73 Å². The lowest BCUT2D eigenvalue weighted by Crippen LogP contribution is -2.16. The number of rotatable bonds is 3. The van der Waals surface area contributed by atoms with Gasteiger partial charge in [0.1, 0.15) is 0 Å². The summed E-state index contributed by atoms with van der Waals surface area (Å²) < 4.78 is 36.9. The lowest BCUT2D eigenvalue weighted by molar-refractivity contribution is -0.136. The van der Waals surface area contributed by atoms with Crippen LogP contribution in [0, 0.1) is 6.92 Å². The van der Waals surface area contributed by atoms with Gasteiger partial charge in [-0.1, -0.05) is 28.1 Å². The maximum atomic E-state index is 12.0. The highest BCUT2D eigenvalue weighted by molar-refractivity contribution is 9.10. The molecular weight excluding hydrogens is 318 g/mol. The smallest absolute Gasteiger partial charge is 0.324 e. The standard InChI is InChI=1S/C11H13BrF3N.ClH/c1-7-2-3-8(9(12)6-7)10(16)4-5-11(13,14)15;/h2-3,6,10H,4-5,16H2,1H3;1H/t10-;/m0./s1. The Morgan fingerprint density at radius 2 is 1.94 bits per heavy atom. The van der Waals surface area contributed by atoms with Gasteiger partial charge in [-0.2, -0.15) is 13.2 Å². The van der Waals surface area contributed by atoms with E-state index in [1.54, 1.807) is 6.07 Å². The largest absolute Gasteiger partial charge is 0.389 e. The van der Waals surface area contributed by atoms with Gasteiger partial charge in [0.15, 0.2) is 0 Å². The second kappa shape index (κ2) is 6.61. The predicted molar refractivity (Wildman–Crippen MR) is 68.3 cm³/mol. The predicted octanol–water partition coefficient (Wildman–Crippen LogP) is 4.52. The third-order valence-electron chi connectivity index (χ3n) is 2.29. The molecule has 0 radical (unpaired) electrons. The average Bonchev–Trinajstić information content (AvgIpc) is 2.13. The monoisotopic (exact) mass is 331 g/mol. The molecule has 98 valence electrons. The molecule has 0 aliphatic rings. The van der Waals surface area contributed by atoms with Gasteiger partial charge in [0.05, 0.1) is 0 Å². The SMILES string of the molecule is Cc1ccc([C@@H](N)CCC(F)(F)F)c(Br)c1.Cl. The highest BCUT2D eigenvalue weighted by Crippen LogP contribution is 2.30. The zero-order valence-corrected chi connectivity index (χ0v) is 11.6. The van der Waals surface area contributed by atoms with E-state index in [1.165, 1.54) is 0 Å². The van der Waals surface area contributed by atoms with Crippen LogP contribution < -0.4 is 5.73 Å². The molecule has 0 aliphatic heterocycles. The van der Waals surface area contributed by atoms with Crippen LogP contribution in [0.5, 0.6) is 0 Å². The Morgan fingerprint density at radius 3 is 2.41 bits per heavy atom. The van der Waals surface area contributed by atoms with E-state index in [4.69, 9.17) is 5.73 Å². The molecule has 1 atom stereocenters. The normalized spacial score (nSPS) is 13.1. The summed E-state index contributed by atoms with van der Waals surface area (Å²) in [6, 6.07) is 4.87. The average molecular weight is 333 g/mol. The van der Waals surface area contributed by atoms with Crippen LogP contribution >= 0.6 is 28.3 Å². The molecule has 0 heterocycles. The Morgan fingerprint density at radius 1 is 1.35 bits per heavy atom. The van der Waals surface area contributed by atoms with Gasteiger partial charge in [-0.05, 0) is 30.5 Å². The molecule has 0 bridgehead atoms. The molecule has 0 saturated heterocycles. The summed E-state index contributed by atoms with van der Waals surface area (Å²) in [5, 5.41) is 0. The molecule has 0 aliphatic carbocycles. The van der Waals surface area contributed by atoms with Crippen molar-refractivity contribution in [3.8, 4) is 0 Å². The molecule has 2 N–H and O–H groups in total. The second-order valence-electron chi connectivity index (χ2n) is 3.79. The van der Waals surface area contributed by atoms with E-state index in [9.17, 15) is 13.2 Å². The van der Waals surface area contributed by atoms with Crippen molar-refractivity contribution in [3.05, 3.63) is 33.8 Å². The summed E-state index contributed by atoms with van der Waals surface area (Å²) in [7, 11) is 0. The molecule has 6 heteroatoms. The van der Waals surface area contributed by atoms with Crippen molar-refractivity contribution in [2.45, 2.75) is 32.0 Å². The lowest BCUT2D eigenvalue weighted by Gasteiger charge is -2.15. The Bertz CT molecular complexity index is 368. The molecule has 0 spiro atoms. The summed E-state index contributed by atoms with van der Waals surface area (Å²) in [5.74, 6) is 0. The van der Waals surface area contributed by atoms with E-state index in [2.05, 4.69) is 15.9 Å². The minimum atomic E-state index is -4.14. The first kappa shape index (κ1) is 16.7. The van der Waals surface area contributed by atoms with Crippen molar-refractivity contribution in [1.29, 1.82) is 0 Å². The zero-order valence-electron chi connectivity index (χ0n) is 9.22. The molecule has 0 unspecified atom stereocenters. The summed E-state index contributed by atoms with van der Waals surface area (Å²) >= 11 is 3.31. The van der Waals surface area contributed by atoms with Gasteiger partial charge >= 0.3 is 6.18 Å². The fourth-order valence-electron chi connectivity index (χ4n) is 1.41. The molecule has 0 aromatic heterocycles. The van der Waals surface area contributed by atoms with Crippen molar-refractivity contribution in [1.82, 2.24) is 0 Å². The number of hydrogen-bond acceptors (Lipinski definition) is 1. The lowest BCUT2D eigenvalue weighted by atomic mass is 10.0. The first-order valence-electron chi connectivity index (χ1n) is 4.88. The van der Waals surface area contributed by atoms with Crippen LogP contribution in [-0.4, -0.2) is 6.18 Å². The Hall–Kier alpha value is -0.260. The summed E-state index contributed by atoms with van der Waals surface area (Å²) in [4.78, 5) is 0. The van der Waals surface area contributed by atoms with Crippen LogP contribution in [0.25, 0.3) is 0 Å². The highest BCUT2D eigenvalue weighted by Gasteiger charge is 2.28. The maximum absolute atomic E-state index is 12.0. The summed E-state index contributed by atoms with van der Waals surface area (Å²) in [6.07, 6.45) is -5.09. The van der Waals surface area contributed by atoms with E-state index in [1.807, 2.05) is 19.1 Å². The van der Waals surface area contributed by atoms with Gasteiger partial charge in [-0.25, -0.2) is 0 Å². The first-order chi connectivity index (χ1) is 7.29. The van der Waals surface area contributed by atoms with E-state index in [0.29, 0.717) is 0 Å². The van der Waals surface area contributed by atoms with E-state index >= 15 is 0 Å². The van der Waals surface area contributed by atoms with Gasteiger partial charge in [0.2, 0.25) is 0 Å². The van der Waals surface area contributed by atoms with Gasteiger partial charge in [0.25, 0.3) is 0 Å². The van der Waals surface area contributed by atoms with Crippen LogP contribution in [0.1, 0.15) is 30.0 Å². The quantitative estimate of drug-likeness (QED) is 0.865. The van der Waals surface area contributed by atoms with Gasteiger partial charge in [0, 0.05) is 16.9 Å². The molecule has 1 nitrogen and oxygen atoms in total. The number of aryl methyl sites for hydroxylation is 1. The molecule has 0 fully saturated rings. The first-order valence-corrected chi connectivity index (χ1v) is 5.67. The number of alkyl halides is 3. The van der Waals surface area contributed by atoms with Crippen molar-refractivity contribution < 1.29 is 13.2 Å². The molecule has 0 saturated carbocycles. The number of halogens is 5. The van der Waals surface area contributed by atoms with E-state index < -0.39 is 18.6 Å². The third kappa shape index (κ3) is 5.75. The number of hydrogen-bond donors (Lipinski definition) is 1. The van der Waals surface area contributed by atoms with Crippen LogP contribution in [0.3, 0.4) is 0 Å². The Balaban J connectivity index is 0.00000256. The van der Waals surface area contributed by atoms with Gasteiger partial charge in [-0.3, -0.25) is 0 Å². The van der Waals surface area contributed by atoms with Crippen molar-refractivity contribution >= 4 is 28.3 Å². The van der Waals surface area contributed by atoms with Gasteiger partial charge in [-0.15, -0.1) is 12.4 Å². The number of benzene rings is 1. The maximum Gasteiger partial charge on any atom is 0.389 e. The molecule has 17 heavy (non-hydrogen) atoms. The fourth-order valence-corrected chi connectivity index (χ4v) is 2.19. The molecular formula is C11H14BrClF3N. The number of nitrogens with two attached hydrogens (primary N) is 1. The molecule has 1 aromatic carbocycles. The van der Waals surface area contributed by atoms with E-state index in [-0.39, 0.29) is 18.8 Å². The van der Waals surface area contributed by atoms with Crippen LogP contribution in [0.2, 0.25) is 0 Å². The Kier molecular flexibility index (Phi) is 6.51. The van der Waals surface area contributed by atoms with Crippen molar-refractivity contribution in [2.75, 3.05) is 0 Å². The van der Waals surface area contributed by atoms with Crippen LogP contribution in [-0.2, 0) is 0 Å². The second-order valence-corrected chi connectivity index (χ2v) is 4.64. The molecule has 1 aromatic rings. The third-order valence-corrected chi connectivity index (χ3v) is 2.98. The fraction of sp³-hybridized carbons (Fsp3) is 0.455. The zero-order chi connectivity index (χ0) is 12.3. The topological polar surface area (TPSA) is 26.0 Å². The summed E-state index contributed by atoms with van der Waals surface area (Å²) in [6.45, 7) is 1.91. The van der Waals surface area contributed by atoms with Crippen LogP contribution in [0.4, 0.5) is 13.2 Å². The van der Waals surface area contributed by atoms with E-state index in [0.717, 1.165) is 15.6 Å². The minimum Gasteiger partial charge on any atom is -0.324 e. The molecule has 1 rings (SSSR count).